The number of carbonyl (C=O) groups is 2. The van der Waals surface area contributed by atoms with Crippen LogP contribution in [0.4, 0.5) is 5.82 Å². The third-order valence-electron chi connectivity index (χ3n) is 4.76. The van der Waals surface area contributed by atoms with Crippen LogP contribution in [0.5, 0.6) is 0 Å². The summed E-state index contributed by atoms with van der Waals surface area (Å²) in [5.74, 6) is 0.541. The summed E-state index contributed by atoms with van der Waals surface area (Å²) in [6, 6.07) is 5.32. The third-order valence-corrected chi connectivity index (χ3v) is 4.76. The molecule has 0 unspecified atom stereocenters. The van der Waals surface area contributed by atoms with Crippen molar-refractivity contribution in [1.29, 1.82) is 0 Å². The van der Waals surface area contributed by atoms with Crippen molar-refractivity contribution in [2.75, 3.05) is 25.5 Å². The Balaban J connectivity index is 1.61. The van der Waals surface area contributed by atoms with E-state index in [2.05, 4.69) is 41.3 Å². The number of rotatable bonds is 4. The van der Waals surface area contributed by atoms with Crippen LogP contribution < -0.4 is 5.32 Å². The standard InChI is InChI=1S/C20H28N6O2/c1-13-10-16(24-23-13)19(28)25(5)15-8-9-26(12-15)18(27)14-6-7-17(21-11-14)22-20(2,3)4/h6-7,10-11,15H,8-9,12H2,1-5H3,(H,21,22)(H,23,24)/t15-/m0/s1. The zero-order valence-electron chi connectivity index (χ0n) is 17.1. The monoisotopic (exact) mass is 384 g/mol. The molecule has 8 heteroatoms. The van der Waals surface area contributed by atoms with E-state index in [1.165, 1.54) is 0 Å². The normalized spacial score (nSPS) is 16.9. The summed E-state index contributed by atoms with van der Waals surface area (Å²) in [5.41, 5.74) is 1.70. The van der Waals surface area contributed by atoms with E-state index in [-0.39, 0.29) is 23.4 Å². The molecule has 0 bridgehead atoms. The Kier molecular flexibility index (Phi) is 5.40. The van der Waals surface area contributed by atoms with Crippen LogP contribution in [0.25, 0.3) is 0 Å². The zero-order valence-corrected chi connectivity index (χ0v) is 17.1. The van der Waals surface area contributed by atoms with Gasteiger partial charge in [0.05, 0.1) is 11.6 Å². The number of aromatic nitrogens is 3. The molecule has 0 spiro atoms. The predicted molar refractivity (Wildman–Crippen MR) is 107 cm³/mol. The smallest absolute Gasteiger partial charge is 0.274 e. The summed E-state index contributed by atoms with van der Waals surface area (Å²) in [7, 11) is 1.76. The second-order valence-electron chi connectivity index (χ2n) is 8.35. The van der Waals surface area contributed by atoms with Gasteiger partial charge in [0, 0.05) is 37.6 Å². The van der Waals surface area contributed by atoms with E-state index in [9.17, 15) is 9.59 Å². The molecule has 1 atom stereocenters. The SMILES string of the molecule is Cc1cc(C(=O)N(C)[C@H]2CCN(C(=O)c3ccc(NC(C)(C)C)nc3)C2)n[nH]1. The number of hydrogen-bond acceptors (Lipinski definition) is 5. The van der Waals surface area contributed by atoms with Crippen molar-refractivity contribution in [3.63, 3.8) is 0 Å². The maximum Gasteiger partial charge on any atom is 0.274 e. The van der Waals surface area contributed by atoms with Gasteiger partial charge in [-0.3, -0.25) is 14.7 Å². The zero-order chi connectivity index (χ0) is 20.5. The lowest BCUT2D eigenvalue weighted by Gasteiger charge is -2.24. The number of anilines is 1. The second kappa shape index (κ2) is 7.61. The summed E-state index contributed by atoms with van der Waals surface area (Å²) in [6.45, 7) is 9.14. The Labute approximate surface area is 165 Å². The summed E-state index contributed by atoms with van der Waals surface area (Å²) >= 11 is 0. The van der Waals surface area contributed by atoms with Crippen LogP contribution >= 0.6 is 0 Å². The summed E-state index contributed by atoms with van der Waals surface area (Å²) < 4.78 is 0. The third kappa shape index (κ3) is 4.49. The van der Waals surface area contributed by atoms with Crippen LogP contribution in [0.1, 0.15) is 53.7 Å². The lowest BCUT2D eigenvalue weighted by molar-refractivity contribution is 0.0696. The number of pyridine rings is 1. The number of aryl methyl sites for hydroxylation is 1. The second-order valence-corrected chi connectivity index (χ2v) is 8.35. The molecule has 0 aliphatic carbocycles. The molecule has 2 amide bonds. The average molecular weight is 384 g/mol. The Hall–Kier alpha value is -2.90. The maximum atomic E-state index is 12.8. The van der Waals surface area contributed by atoms with Gasteiger partial charge < -0.3 is 15.1 Å². The van der Waals surface area contributed by atoms with Gasteiger partial charge >= 0.3 is 0 Å². The fourth-order valence-corrected chi connectivity index (χ4v) is 3.28. The first kappa shape index (κ1) is 19.9. The number of carbonyl (C=O) groups excluding carboxylic acids is 2. The molecule has 2 aromatic heterocycles. The van der Waals surface area contributed by atoms with Crippen LogP contribution in [0.3, 0.4) is 0 Å². The molecule has 28 heavy (non-hydrogen) atoms. The van der Waals surface area contributed by atoms with Gasteiger partial charge in [-0.15, -0.1) is 0 Å². The van der Waals surface area contributed by atoms with E-state index < -0.39 is 0 Å². The first-order valence-electron chi connectivity index (χ1n) is 9.47. The molecule has 150 valence electrons. The minimum atomic E-state index is -0.136. The molecule has 0 saturated carbocycles. The van der Waals surface area contributed by atoms with Crippen LogP contribution in [-0.4, -0.2) is 68.5 Å². The number of hydrogen-bond donors (Lipinski definition) is 2. The van der Waals surface area contributed by atoms with Crippen molar-refractivity contribution in [2.45, 2.75) is 45.7 Å². The van der Waals surface area contributed by atoms with E-state index in [0.29, 0.717) is 24.3 Å². The summed E-state index contributed by atoms with van der Waals surface area (Å²) in [6.07, 6.45) is 2.35. The molecule has 1 fully saturated rings. The molecule has 1 aliphatic heterocycles. The van der Waals surface area contributed by atoms with Crippen molar-refractivity contribution in [2.24, 2.45) is 0 Å². The van der Waals surface area contributed by atoms with Crippen LogP contribution in [-0.2, 0) is 0 Å². The van der Waals surface area contributed by atoms with Gasteiger partial charge in [0.1, 0.15) is 11.5 Å². The lowest BCUT2D eigenvalue weighted by atomic mass is 10.1. The number of amides is 2. The van der Waals surface area contributed by atoms with Crippen LogP contribution in [0, 0.1) is 6.92 Å². The maximum absolute atomic E-state index is 12.8. The van der Waals surface area contributed by atoms with Gasteiger partial charge in [-0.05, 0) is 52.3 Å². The van der Waals surface area contributed by atoms with Gasteiger partial charge in [-0.25, -0.2) is 4.98 Å². The topological polar surface area (TPSA) is 94.2 Å². The largest absolute Gasteiger partial charge is 0.365 e. The molecule has 1 saturated heterocycles. The van der Waals surface area contributed by atoms with Crippen molar-refractivity contribution in [3.05, 3.63) is 41.3 Å². The highest BCUT2D eigenvalue weighted by Crippen LogP contribution is 2.20. The van der Waals surface area contributed by atoms with Crippen molar-refractivity contribution in [3.8, 4) is 0 Å². The first-order chi connectivity index (χ1) is 13.1. The fourth-order valence-electron chi connectivity index (χ4n) is 3.28. The number of aromatic amines is 1. The molecule has 3 heterocycles. The number of nitrogens with zero attached hydrogens (tertiary/aromatic N) is 4. The minimum Gasteiger partial charge on any atom is -0.365 e. The number of H-pyrrole nitrogens is 1. The molecular weight excluding hydrogens is 356 g/mol. The molecule has 0 radical (unpaired) electrons. The van der Waals surface area contributed by atoms with Gasteiger partial charge in [-0.2, -0.15) is 5.10 Å². The molecule has 2 aromatic rings. The van der Waals surface area contributed by atoms with Gasteiger partial charge in [0.15, 0.2) is 0 Å². The summed E-state index contributed by atoms with van der Waals surface area (Å²) in [4.78, 5) is 33.2. The highest BCUT2D eigenvalue weighted by molar-refractivity contribution is 5.95. The van der Waals surface area contributed by atoms with Gasteiger partial charge in [0.25, 0.3) is 11.8 Å². The van der Waals surface area contributed by atoms with E-state index in [0.717, 1.165) is 17.9 Å². The van der Waals surface area contributed by atoms with Gasteiger partial charge in [-0.1, -0.05) is 0 Å². The highest BCUT2D eigenvalue weighted by atomic mass is 16.2. The minimum absolute atomic E-state index is 0.0248. The Morgan fingerprint density at radius 2 is 2.07 bits per heavy atom. The quantitative estimate of drug-likeness (QED) is 0.844. The van der Waals surface area contributed by atoms with E-state index in [1.54, 1.807) is 35.2 Å². The van der Waals surface area contributed by atoms with Crippen LogP contribution in [0.2, 0.25) is 0 Å². The average Bonchev–Trinajstić information content (AvgIpc) is 3.28. The van der Waals surface area contributed by atoms with Crippen molar-refractivity contribution < 1.29 is 9.59 Å². The Bertz CT molecular complexity index is 852. The molecule has 3 rings (SSSR count). The Morgan fingerprint density at radius 1 is 1.32 bits per heavy atom. The number of nitrogens with one attached hydrogen (secondary N) is 2. The lowest BCUT2D eigenvalue weighted by Crippen LogP contribution is -2.40. The van der Waals surface area contributed by atoms with E-state index in [4.69, 9.17) is 0 Å². The summed E-state index contributed by atoms with van der Waals surface area (Å²) in [5, 5.41) is 10.1. The van der Waals surface area contributed by atoms with Gasteiger partial charge in [0.2, 0.25) is 0 Å². The molecule has 8 nitrogen and oxygen atoms in total. The van der Waals surface area contributed by atoms with Crippen molar-refractivity contribution in [1.82, 2.24) is 25.0 Å². The van der Waals surface area contributed by atoms with E-state index in [1.807, 2.05) is 13.0 Å². The molecule has 1 aliphatic rings. The van der Waals surface area contributed by atoms with E-state index >= 15 is 0 Å². The highest BCUT2D eigenvalue weighted by Gasteiger charge is 2.32. The van der Waals surface area contributed by atoms with Crippen LogP contribution in [0.15, 0.2) is 24.4 Å². The molecule has 2 N–H and O–H groups in total. The first-order valence-corrected chi connectivity index (χ1v) is 9.47. The predicted octanol–water partition coefficient (Wildman–Crippen LogP) is 2.31. The fraction of sp³-hybridized carbons (Fsp3) is 0.500. The molecule has 0 aromatic carbocycles. The molecular formula is C20H28N6O2. The number of likely N-dealkylation sites (tertiary alicyclic amines) is 1. The van der Waals surface area contributed by atoms with Crippen molar-refractivity contribution >= 4 is 17.6 Å². The number of likely N-dealkylation sites (N-methyl/N-ethyl adjacent to an activating group) is 1. The Morgan fingerprint density at radius 3 is 2.64 bits per heavy atom.